The number of nitrogens with zero attached hydrogens (tertiary/aromatic N) is 1. The van der Waals surface area contributed by atoms with Crippen LogP contribution >= 0.6 is 0 Å². The molecule has 3 nitrogen and oxygen atoms in total. The van der Waals surface area contributed by atoms with Gasteiger partial charge in [0.1, 0.15) is 5.75 Å². The topological polar surface area (TPSA) is 42.2 Å². The number of hydrogen-bond acceptors (Lipinski definition) is 2. The molecule has 132 valence electrons. The van der Waals surface area contributed by atoms with Crippen LogP contribution in [-0.2, 0) is 6.42 Å². The Balaban J connectivity index is 1.95. The van der Waals surface area contributed by atoms with Gasteiger partial charge in [-0.25, -0.2) is 0 Å². The fraction of sp³-hybridized carbons (Fsp3) is 0.0417. The normalized spacial score (nSPS) is 10.7. The Hall–Kier alpha value is -3.59. The van der Waals surface area contributed by atoms with Crippen molar-refractivity contribution in [1.82, 2.24) is 4.57 Å². The summed E-state index contributed by atoms with van der Waals surface area (Å²) in [7, 11) is 0. The van der Waals surface area contributed by atoms with E-state index in [0.29, 0.717) is 17.5 Å². The highest BCUT2D eigenvalue weighted by Crippen LogP contribution is 2.28. The minimum absolute atomic E-state index is 0.00399. The zero-order valence-corrected chi connectivity index (χ0v) is 14.7. The lowest BCUT2D eigenvalue weighted by molar-refractivity contribution is 0.474. The summed E-state index contributed by atoms with van der Waals surface area (Å²) >= 11 is 0. The molecule has 1 N–H and O–H groups in total. The molecule has 0 aliphatic carbocycles. The van der Waals surface area contributed by atoms with E-state index in [1.165, 1.54) is 0 Å². The smallest absolute Gasteiger partial charge is 0.266 e. The zero-order chi connectivity index (χ0) is 18.6. The van der Waals surface area contributed by atoms with E-state index in [9.17, 15) is 9.90 Å². The molecule has 0 radical (unpaired) electrons. The summed E-state index contributed by atoms with van der Waals surface area (Å²) in [4.78, 5) is 13.4. The molecule has 0 saturated heterocycles. The van der Waals surface area contributed by atoms with Crippen LogP contribution in [0.15, 0.2) is 102 Å². The number of rotatable bonds is 4. The molecule has 3 heteroatoms. The van der Waals surface area contributed by atoms with Crippen LogP contribution in [0.3, 0.4) is 0 Å². The quantitative estimate of drug-likeness (QED) is 0.572. The highest BCUT2D eigenvalue weighted by atomic mass is 16.3. The predicted octanol–water partition coefficient (Wildman–Crippen LogP) is 4.80. The van der Waals surface area contributed by atoms with Crippen LogP contribution in [0.4, 0.5) is 0 Å². The van der Waals surface area contributed by atoms with Gasteiger partial charge in [-0.3, -0.25) is 9.36 Å². The summed E-state index contributed by atoms with van der Waals surface area (Å²) in [6.07, 6.45) is 0.549. The molecule has 0 aliphatic rings. The largest absolute Gasteiger partial charge is 0.507 e. The molecule has 4 aromatic rings. The first-order valence-electron chi connectivity index (χ1n) is 8.87. The van der Waals surface area contributed by atoms with Crippen LogP contribution in [0.2, 0.25) is 0 Å². The van der Waals surface area contributed by atoms with Crippen LogP contribution in [0, 0.1) is 0 Å². The minimum atomic E-state index is -0.224. The van der Waals surface area contributed by atoms with Gasteiger partial charge in [-0.1, -0.05) is 78.9 Å². The Labute approximate surface area is 157 Å². The molecular formula is C24H19NO2. The summed E-state index contributed by atoms with van der Waals surface area (Å²) in [6, 6.07) is 30.5. The highest BCUT2D eigenvalue weighted by molar-refractivity contribution is 5.70. The second-order valence-electron chi connectivity index (χ2n) is 6.40. The summed E-state index contributed by atoms with van der Waals surface area (Å²) in [5.74, 6) is 0.00399. The first-order chi connectivity index (χ1) is 13.2. The van der Waals surface area contributed by atoms with Crippen molar-refractivity contribution in [1.29, 1.82) is 0 Å². The number of benzene rings is 3. The second kappa shape index (κ2) is 7.34. The lowest BCUT2D eigenvalue weighted by atomic mass is 10.0. The third-order valence-electron chi connectivity index (χ3n) is 4.57. The van der Waals surface area contributed by atoms with E-state index < -0.39 is 0 Å². The van der Waals surface area contributed by atoms with Crippen molar-refractivity contribution in [3.8, 4) is 22.6 Å². The SMILES string of the molecule is O=c1c(-c2ccccc2)c(O)cc(Cc2ccccc2)n1-c1ccccc1. The van der Waals surface area contributed by atoms with E-state index >= 15 is 0 Å². The van der Waals surface area contributed by atoms with Crippen LogP contribution < -0.4 is 5.56 Å². The predicted molar refractivity (Wildman–Crippen MR) is 108 cm³/mol. The lowest BCUT2D eigenvalue weighted by Crippen LogP contribution is -2.23. The van der Waals surface area contributed by atoms with Gasteiger partial charge < -0.3 is 5.11 Å². The summed E-state index contributed by atoms with van der Waals surface area (Å²) < 4.78 is 1.69. The Morgan fingerprint density at radius 1 is 0.741 bits per heavy atom. The summed E-state index contributed by atoms with van der Waals surface area (Å²) in [6.45, 7) is 0. The van der Waals surface area contributed by atoms with E-state index in [4.69, 9.17) is 0 Å². The molecule has 3 aromatic carbocycles. The van der Waals surface area contributed by atoms with Crippen molar-refractivity contribution in [2.24, 2.45) is 0 Å². The average molecular weight is 353 g/mol. The van der Waals surface area contributed by atoms with Gasteiger partial charge in [0.2, 0.25) is 0 Å². The summed E-state index contributed by atoms with van der Waals surface area (Å²) in [5.41, 5.74) is 3.40. The van der Waals surface area contributed by atoms with Gasteiger partial charge in [0.25, 0.3) is 5.56 Å². The molecular weight excluding hydrogens is 334 g/mol. The first kappa shape index (κ1) is 16.9. The zero-order valence-electron chi connectivity index (χ0n) is 14.7. The number of pyridine rings is 1. The van der Waals surface area contributed by atoms with Crippen molar-refractivity contribution in [2.45, 2.75) is 6.42 Å². The third-order valence-corrected chi connectivity index (χ3v) is 4.57. The van der Waals surface area contributed by atoms with Crippen molar-refractivity contribution in [3.05, 3.63) is 119 Å². The third kappa shape index (κ3) is 3.40. The van der Waals surface area contributed by atoms with Gasteiger partial charge >= 0.3 is 0 Å². The number of aromatic nitrogens is 1. The molecule has 1 heterocycles. The van der Waals surface area contributed by atoms with E-state index in [-0.39, 0.29) is 11.3 Å². The van der Waals surface area contributed by atoms with Crippen LogP contribution in [0.25, 0.3) is 16.8 Å². The van der Waals surface area contributed by atoms with Crippen molar-refractivity contribution < 1.29 is 5.11 Å². The van der Waals surface area contributed by atoms with E-state index in [1.54, 1.807) is 10.6 Å². The highest BCUT2D eigenvalue weighted by Gasteiger charge is 2.17. The standard InChI is InChI=1S/C24H19NO2/c26-22-17-21(16-18-10-4-1-5-11-18)25(20-14-8-3-9-15-20)24(27)23(22)19-12-6-2-7-13-19/h1-15,17,26H,16H2. The van der Waals surface area contributed by atoms with Gasteiger partial charge in [0.05, 0.1) is 5.56 Å². The maximum atomic E-state index is 13.4. The molecule has 0 spiro atoms. The summed E-state index contributed by atoms with van der Waals surface area (Å²) in [5, 5.41) is 10.7. The molecule has 0 unspecified atom stereocenters. The van der Waals surface area contributed by atoms with Crippen molar-refractivity contribution in [3.63, 3.8) is 0 Å². The van der Waals surface area contributed by atoms with E-state index in [2.05, 4.69) is 0 Å². The monoisotopic (exact) mass is 353 g/mol. The Kier molecular flexibility index (Phi) is 4.58. The number of aromatic hydroxyl groups is 1. The van der Waals surface area contributed by atoms with Gasteiger partial charge in [0, 0.05) is 23.9 Å². The Bertz CT molecular complexity index is 1100. The van der Waals surface area contributed by atoms with Gasteiger partial charge in [0.15, 0.2) is 0 Å². The van der Waals surface area contributed by atoms with Gasteiger partial charge in [-0.05, 0) is 23.3 Å². The van der Waals surface area contributed by atoms with Gasteiger partial charge in [-0.2, -0.15) is 0 Å². The fourth-order valence-corrected chi connectivity index (χ4v) is 3.32. The Morgan fingerprint density at radius 3 is 1.93 bits per heavy atom. The van der Waals surface area contributed by atoms with Crippen LogP contribution in [0.1, 0.15) is 11.3 Å². The second-order valence-corrected chi connectivity index (χ2v) is 6.40. The molecule has 1 aromatic heterocycles. The molecule has 27 heavy (non-hydrogen) atoms. The molecule has 4 rings (SSSR count). The maximum absolute atomic E-state index is 13.4. The van der Waals surface area contributed by atoms with Crippen molar-refractivity contribution >= 4 is 0 Å². The lowest BCUT2D eigenvalue weighted by Gasteiger charge is -2.16. The minimum Gasteiger partial charge on any atom is -0.507 e. The molecule has 0 saturated carbocycles. The van der Waals surface area contributed by atoms with Crippen LogP contribution in [-0.4, -0.2) is 9.67 Å². The van der Waals surface area contributed by atoms with E-state index in [0.717, 1.165) is 16.9 Å². The molecule has 0 aliphatic heterocycles. The number of para-hydroxylation sites is 1. The fourth-order valence-electron chi connectivity index (χ4n) is 3.32. The first-order valence-corrected chi connectivity index (χ1v) is 8.87. The van der Waals surface area contributed by atoms with Gasteiger partial charge in [-0.15, -0.1) is 0 Å². The molecule has 0 bridgehead atoms. The molecule has 0 atom stereocenters. The average Bonchev–Trinajstić information content (AvgIpc) is 2.70. The molecule has 0 fully saturated rings. The number of hydrogen-bond donors (Lipinski definition) is 1. The van der Waals surface area contributed by atoms with Crippen LogP contribution in [0.5, 0.6) is 5.75 Å². The Morgan fingerprint density at radius 2 is 1.30 bits per heavy atom. The molecule has 0 amide bonds. The van der Waals surface area contributed by atoms with Crippen molar-refractivity contribution in [2.75, 3.05) is 0 Å². The maximum Gasteiger partial charge on any atom is 0.266 e. The van der Waals surface area contributed by atoms with E-state index in [1.807, 2.05) is 91.0 Å².